The number of nitrogens with zero attached hydrogens (tertiary/aromatic N) is 2. The number of ether oxygens (including phenoxy) is 2. The van der Waals surface area contributed by atoms with Crippen molar-refractivity contribution in [1.29, 1.82) is 0 Å². The molecule has 0 amide bonds. The van der Waals surface area contributed by atoms with Gasteiger partial charge in [0.15, 0.2) is 5.78 Å². The van der Waals surface area contributed by atoms with E-state index in [0.29, 0.717) is 26.4 Å². The lowest BCUT2D eigenvalue weighted by Gasteiger charge is -2.44. The summed E-state index contributed by atoms with van der Waals surface area (Å²) in [7, 11) is 0. The predicted molar refractivity (Wildman–Crippen MR) is 127 cm³/mol. The van der Waals surface area contributed by atoms with Gasteiger partial charge in [-0.05, 0) is 16.5 Å². The molecule has 0 N–H and O–H groups in total. The van der Waals surface area contributed by atoms with Crippen LogP contribution < -0.4 is 0 Å². The van der Waals surface area contributed by atoms with Crippen molar-refractivity contribution in [3.05, 3.63) is 71.3 Å². The van der Waals surface area contributed by atoms with E-state index in [2.05, 4.69) is 67.0 Å². The van der Waals surface area contributed by atoms with Crippen LogP contribution in [0.1, 0.15) is 48.3 Å². The van der Waals surface area contributed by atoms with Gasteiger partial charge in [0.05, 0.1) is 38.5 Å². The molecule has 2 aliphatic rings. The third kappa shape index (κ3) is 5.29. The molecule has 2 aromatic carbocycles. The van der Waals surface area contributed by atoms with E-state index in [1.807, 2.05) is 18.2 Å². The van der Waals surface area contributed by atoms with Gasteiger partial charge in [0.2, 0.25) is 0 Å². The molecule has 0 aliphatic carbocycles. The molecule has 0 saturated carbocycles. The zero-order chi connectivity index (χ0) is 22.6. The molecule has 5 nitrogen and oxygen atoms in total. The maximum atomic E-state index is 14.1. The van der Waals surface area contributed by atoms with E-state index in [1.54, 1.807) is 0 Å². The lowest BCUT2D eigenvalue weighted by molar-refractivity contribution is -0.0301. The summed E-state index contributed by atoms with van der Waals surface area (Å²) in [5.41, 5.74) is 3.27. The SMILES string of the molecule is CC(C)(C)c1ccc(C(=O)[C@H]([C@@H](c2ccccc2)N2CCOCC2)N2CCOCC2)cc1. The maximum absolute atomic E-state index is 14.1. The highest BCUT2D eigenvalue weighted by Crippen LogP contribution is 2.32. The molecule has 2 heterocycles. The second-order valence-electron chi connectivity index (χ2n) is 9.79. The quantitative estimate of drug-likeness (QED) is 0.642. The summed E-state index contributed by atoms with van der Waals surface area (Å²) in [6.07, 6.45) is 0. The fourth-order valence-electron chi connectivity index (χ4n) is 4.77. The standard InChI is InChI=1S/C27H36N2O3/c1-27(2,3)23-11-9-22(10-12-23)26(30)25(29-15-19-32-20-16-29)24(21-7-5-4-6-8-21)28-13-17-31-18-14-28/h4-12,24-25H,13-20H2,1-3H3/t24-,25+/m1/s1. The van der Waals surface area contributed by atoms with Gasteiger partial charge in [-0.1, -0.05) is 75.4 Å². The molecule has 32 heavy (non-hydrogen) atoms. The first-order valence-corrected chi connectivity index (χ1v) is 11.8. The summed E-state index contributed by atoms with van der Waals surface area (Å²) in [4.78, 5) is 18.9. The van der Waals surface area contributed by atoms with E-state index in [9.17, 15) is 4.79 Å². The Balaban J connectivity index is 1.73. The topological polar surface area (TPSA) is 42.0 Å². The lowest BCUT2D eigenvalue weighted by atomic mass is 9.85. The zero-order valence-electron chi connectivity index (χ0n) is 19.6. The summed E-state index contributed by atoms with van der Waals surface area (Å²) in [6.45, 7) is 12.5. The Bertz CT molecular complexity index is 864. The molecular weight excluding hydrogens is 400 g/mol. The van der Waals surface area contributed by atoms with Crippen LogP contribution >= 0.6 is 0 Å². The van der Waals surface area contributed by atoms with Gasteiger partial charge in [-0.2, -0.15) is 0 Å². The Hall–Kier alpha value is -2.05. The normalized spacial score (nSPS) is 20.6. The van der Waals surface area contributed by atoms with Gasteiger partial charge in [-0.25, -0.2) is 0 Å². The third-order valence-electron chi connectivity index (χ3n) is 6.62. The van der Waals surface area contributed by atoms with Gasteiger partial charge in [-0.3, -0.25) is 14.6 Å². The highest BCUT2D eigenvalue weighted by atomic mass is 16.5. The van der Waals surface area contributed by atoms with E-state index in [0.717, 1.165) is 31.7 Å². The first-order chi connectivity index (χ1) is 15.4. The fourth-order valence-corrected chi connectivity index (χ4v) is 4.77. The van der Waals surface area contributed by atoms with E-state index in [4.69, 9.17) is 9.47 Å². The van der Waals surface area contributed by atoms with Gasteiger partial charge in [0.25, 0.3) is 0 Å². The molecule has 2 atom stereocenters. The van der Waals surface area contributed by atoms with Crippen LogP contribution in [0.5, 0.6) is 0 Å². The van der Waals surface area contributed by atoms with Crippen LogP contribution in [0.25, 0.3) is 0 Å². The fraction of sp³-hybridized carbons (Fsp3) is 0.519. The summed E-state index contributed by atoms with van der Waals surface area (Å²) in [5, 5.41) is 0. The van der Waals surface area contributed by atoms with Crippen molar-refractivity contribution in [1.82, 2.24) is 9.80 Å². The van der Waals surface area contributed by atoms with Crippen molar-refractivity contribution in [2.24, 2.45) is 0 Å². The Labute approximate surface area is 192 Å². The number of ketones is 1. The summed E-state index contributed by atoms with van der Waals surface area (Å²) in [5.74, 6) is 0.188. The summed E-state index contributed by atoms with van der Waals surface area (Å²) in [6, 6.07) is 18.4. The van der Waals surface area contributed by atoms with Crippen LogP contribution in [0.15, 0.2) is 54.6 Å². The van der Waals surface area contributed by atoms with Crippen LogP contribution in [0.2, 0.25) is 0 Å². The number of hydrogen-bond donors (Lipinski definition) is 0. The Morgan fingerprint density at radius 2 is 1.31 bits per heavy atom. The maximum Gasteiger partial charge on any atom is 0.181 e. The monoisotopic (exact) mass is 436 g/mol. The first-order valence-electron chi connectivity index (χ1n) is 11.8. The second kappa shape index (κ2) is 10.3. The summed E-state index contributed by atoms with van der Waals surface area (Å²) >= 11 is 0. The van der Waals surface area contributed by atoms with Crippen LogP contribution in [0, 0.1) is 0 Å². The molecule has 2 aliphatic heterocycles. The Morgan fingerprint density at radius 3 is 1.84 bits per heavy atom. The van der Waals surface area contributed by atoms with Crippen LogP contribution in [-0.2, 0) is 14.9 Å². The van der Waals surface area contributed by atoms with Crippen LogP contribution in [0.4, 0.5) is 0 Å². The van der Waals surface area contributed by atoms with E-state index in [-0.39, 0.29) is 23.3 Å². The molecule has 0 bridgehead atoms. The summed E-state index contributed by atoms with van der Waals surface area (Å²) < 4.78 is 11.3. The molecule has 0 spiro atoms. The molecule has 2 saturated heterocycles. The second-order valence-corrected chi connectivity index (χ2v) is 9.79. The minimum Gasteiger partial charge on any atom is -0.379 e. The molecule has 2 aromatic rings. The van der Waals surface area contributed by atoms with E-state index < -0.39 is 0 Å². The van der Waals surface area contributed by atoms with Crippen molar-refractivity contribution in [3.63, 3.8) is 0 Å². The predicted octanol–water partition coefficient (Wildman–Crippen LogP) is 3.94. The van der Waals surface area contributed by atoms with Crippen molar-refractivity contribution in [2.45, 2.75) is 38.3 Å². The largest absolute Gasteiger partial charge is 0.379 e. The molecule has 2 fully saturated rings. The molecule has 0 radical (unpaired) electrons. The average molecular weight is 437 g/mol. The minimum atomic E-state index is -0.264. The first kappa shape index (κ1) is 23.1. The molecule has 0 unspecified atom stereocenters. The molecule has 4 rings (SSSR count). The number of hydrogen-bond acceptors (Lipinski definition) is 5. The zero-order valence-corrected chi connectivity index (χ0v) is 19.6. The van der Waals surface area contributed by atoms with Crippen molar-refractivity contribution >= 4 is 5.78 Å². The van der Waals surface area contributed by atoms with Crippen LogP contribution in [-0.4, -0.2) is 74.2 Å². The molecule has 0 aromatic heterocycles. The van der Waals surface area contributed by atoms with Crippen LogP contribution in [0.3, 0.4) is 0 Å². The van der Waals surface area contributed by atoms with E-state index in [1.165, 1.54) is 11.1 Å². The van der Waals surface area contributed by atoms with E-state index >= 15 is 0 Å². The number of morpholine rings is 2. The van der Waals surface area contributed by atoms with Gasteiger partial charge in [0, 0.05) is 31.7 Å². The van der Waals surface area contributed by atoms with Crippen molar-refractivity contribution < 1.29 is 14.3 Å². The minimum absolute atomic E-state index is 0.0204. The average Bonchev–Trinajstić information content (AvgIpc) is 2.83. The van der Waals surface area contributed by atoms with Crippen molar-refractivity contribution in [3.8, 4) is 0 Å². The van der Waals surface area contributed by atoms with Gasteiger partial charge in [-0.15, -0.1) is 0 Å². The van der Waals surface area contributed by atoms with Gasteiger partial charge in [0.1, 0.15) is 0 Å². The lowest BCUT2D eigenvalue weighted by Crippen LogP contribution is -2.55. The van der Waals surface area contributed by atoms with Gasteiger partial charge < -0.3 is 9.47 Å². The number of rotatable bonds is 6. The third-order valence-corrected chi connectivity index (χ3v) is 6.62. The number of carbonyl (C=O) groups is 1. The molecule has 172 valence electrons. The number of Topliss-reactive ketones (excluding diaryl/α,β-unsaturated/α-hetero) is 1. The number of benzene rings is 2. The molecular formula is C27H36N2O3. The number of carbonyl (C=O) groups excluding carboxylic acids is 1. The Kier molecular flexibility index (Phi) is 7.41. The molecule has 5 heteroatoms. The van der Waals surface area contributed by atoms with Crippen molar-refractivity contribution in [2.75, 3.05) is 52.6 Å². The smallest absolute Gasteiger partial charge is 0.181 e. The highest BCUT2D eigenvalue weighted by Gasteiger charge is 2.39. The highest BCUT2D eigenvalue weighted by molar-refractivity contribution is 6.00. The van der Waals surface area contributed by atoms with Gasteiger partial charge >= 0.3 is 0 Å². The Morgan fingerprint density at radius 1 is 0.781 bits per heavy atom.